The van der Waals surface area contributed by atoms with Gasteiger partial charge in [-0.3, -0.25) is 0 Å². The molecule has 0 saturated carbocycles. The molecule has 3 rings (SSSR count). The van der Waals surface area contributed by atoms with Gasteiger partial charge in [-0.05, 0) is 41.1 Å². The van der Waals surface area contributed by atoms with E-state index in [1.54, 1.807) is 0 Å². The highest BCUT2D eigenvalue weighted by Crippen LogP contribution is 2.25. The number of esters is 1. The van der Waals surface area contributed by atoms with Crippen LogP contribution >= 0.6 is 15.9 Å². The van der Waals surface area contributed by atoms with Gasteiger partial charge >= 0.3 is 5.97 Å². The molecular weight excluding hydrogens is 407 g/mol. The predicted octanol–water partition coefficient (Wildman–Crippen LogP) is 4.07. The maximum absolute atomic E-state index is 13.0. The Morgan fingerprint density at radius 3 is 2.73 bits per heavy atom. The number of halogens is 2. The lowest BCUT2D eigenvalue weighted by molar-refractivity contribution is -0.148. The van der Waals surface area contributed by atoms with Crippen LogP contribution in [0.15, 0.2) is 51.5 Å². The first kappa shape index (κ1) is 18.1. The molecular formula is C18H14BrFN2O4. The molecule has 8 heteroatoms. The number of benzene rings is 2. The minimum atomic E-state index is -0.615. The first-order chi connectivity index (χ1) is 12.5. The highest BCUT2D eigenvalue weighted by atomic mass is 79.9. The number of carbonyl (C=O) groups excluding carboxylic acids is 1. The van der Waals surface area contributed by atoms with Gasteiger partial charge in [-0.1, -0.05) is 35.0 Å². The molecule has 0 aliphatic heterocycles. The molecule has 0 unspecified atom stereocenters. The smallest absolute Gasteiger partial charge is 0.344 e. The molecule has 6 nitrogen and oxygen atoms in total. The lowest BCUT2D eigenvalue weighted by Gasteiger charge is -2.07. The molecule has 0 amide bonds. The van der Waals surface area contributed by atoms with E-state index in [4.69, 9.17) is 14.0 Å². The number of carbonyl (C=O) groups is 1. The normalized spacial score (nSPS) is 10.6. The lowest BCUT2D eigenvalue weighted by Crippen LogP contribution is -2.15. The van der Waals surface area contributed by atoms with Gasteiger partial charge in [0.1, 0.15) is 11.6 Å². The van der Waals surface area contributed by atoms with Gasteiger partial charge < -0.3 is 14.0 Å². The van der Waals surface area contributed by atoms with E-state index in [9.17, 15) is 9.18 Å². The molecule has 0 spiro atoms. The summed E-state index contributed by atoms with van der Waals surface area (Å²) < 4.78 is 28.8. The first-order valence-corrected chi connectivity index (χ1v) is 8.43. The van der Waals surface area contributed by atoms with Crippen molar-refractivity contribution in [2.24, 2.45) is 0 Å². The Labute approximate surface area is 157 Å². The number of aryl methyl sites for hydroxylation is 1. The van der Waals surface area contributed by atoms with Gasteiger partial charge in [-0.25, -0.2) is 9.18 Å². The van der Waals surface area contributed by atoms with Crippen molar-refractivity contribution in [3.63, 3.8) is 0 Å². The second-order valence-corrected chi connectivity index (χ2v) is 6.26. The fraction of sp³-hybridized carbons (Fsp3) is 0.167. The highest BCUT2D eigenvalue weighted by Gasteiger charge is 2.12. The maximum atomic E-state index is 13.0. The third kappa shape index (κ3) is 4.66. The van der Waals surface area contributed by atoms with Crippen LogP contribution in [0.2, 0.25) is 0 Å². The summed E-state index contributed by atoms with van der Waals surface area (Å²) in [6, 6.07) is 11.5. The molecule has 0 radical (unpaired) electrons. The van der Waals surface area contributed by atoms with Crippen molar-refractivity contribution < 1.29 is 23.2 Å². The van der Waals surface area contributed by atoms with Crippen molar-refractivity contribution >= 4 is 21.9 Å². The summed E-state index contributed by atoms with van der Waals surface area (Å²) in [7, 11) is 0. The lowest BCUT2D eigenvalue weighted by atomic mass is 10.1. The van der Waals surface area contributed by atoms with Crippen LogP contribution in [0.3, 0.4) is 0 Å². The molecule has 0 bridgehead atoms. The van der Waals surface area contributed by atoms with Gasteiger partial charge in [0.05, 0.1) is 4.47 Å². The predicted molar refractivity (Wildman–Crippen MR) is 93.9 cm³/mol. The summed E-state index contributed by atoms with van der Waals surface area (Å²) in [5, 5.41) is 3.86. The van der Waals surface area contributed by atoms with E-state index in [0.717, 1.165) is 11.1 Å². The second-order valence-electron chi connectivity index (χ2n) is 5.40. The van der Waals surface area contributed by atoms with Crippen molar-refractivity contribution in [3.05, 3.63) is 64.2 Å². The molecule has 0 aliphatic carbocycles. The summed E-state index contributed by atoms with van der Waals surface area (Å²) >= 11 is 3.15. The first-order valence-electron chi connectivity index (χ1n) is 7.64. The number of rotatable bonds is 6. The van der Waals surface area contributed by atoms with Gasteiger partial charge in [0.15, 0.2) is 13.2 Å². The number of ether oxygens (including phenoxy) is 2. The molecule has 134 valence electrons. The molecule has 0 saturated heterocycles. The van der Waals surface area contributed by atoms with E-state index in [2.05, 4.69) is 26.1 Å². The van der Waals surface area contributed by atoms with Crippen LogP contribution < -0.4 is 4.74 Å². The summed E-state index contributed by atoms with van der Waals surface area (Å²) in [6.45, 7) is 1.49. The number of nitrogens with zero attached hydrogens (tertiary/aromatic N) is 2. The fourth-order valence-corrected chi connectivity index (χ4v) is 2.51. The van der Waals surface area contributed by atoms with E-state index in [-0.39, 0.29) is 19.1 Å². The average molecular weight is 421 g/mol. The minimum absolute atomic E-state index is 0.161. The summed E-state index contributed by atoms with van der Waals surface area (Å²) in [6.07, 6.45) is 0. The Morgan fingerprint density at radius 2 is 2.00 bits per heavy atom. The maximum Gasteiger partial charge on any atom is 0.344 e. The van der Waals surface area contributed by atoms with Crippen molar-refractivity contribution in [1.82, 2.24) is 10.1 Å². The van der Waals surface area contributed by atoms with Crippen LogP contribution in [0.4, 0.5) is 4.39 Å². The molecule has 1 heterocycles. The largest absolute Gasteiger partial charge is 0.481 e. The highest BCUT2D eigenvalue weighted by molar-refractivity contribution is 9.10. The van der Waals surface area contributed by atoms with Crippen LogP contribution in [0.5, 0.6) is 5.75 Å². The van der Waals surface area contributed by atoms with Crippen molar-refractivity contribution in [1.29, 1.82) is 0 Å². The molecule has 3 aromatic rings. The number of aromatic nitrogens is 2. The van der Waals surface area contributed by atoms with Gasteiger partial charge in [0.2, 0.25) is 5.82 Å². The van der Waals surface area contributed by atoms with E-state index >= 15 is 0 Å². The zero-order valence-electron chi connectivity index (χ0n) is 13.7. The molecule has 0 atom stereocenters. The minimum Gasteiger partial charge on any atom is -0.481 e. The van der Waals surface area contributed by atoms with E-state index in [0.29, 0.717) is 16.0 Å². The Balaban J connectivity index is 1.51. The van der Waals surface area contributed by atoms with Gasteiger partial charge in [-0.2, -0.15) is 4.98 Å². The molecule has 2 aromatic carbocycles. The third-order valence-corrected chi connectivity index (χ3v) is 3.99. The standard InChI is InChI=1S/C18H14BrFN2O4/c1-11-2-4-12(5-3-11)18-21-16(26-22-18)9-25-17(23)10-24-15-7-6-13(20)8-14(15)19/h2-8H,9-10H2,1H3. The average Bonchev–Trinajstić information content (AvgIpc) is 3.09. The summed E-state index contributed by atoms with van der Waals surface area (Å²) in [5.74, 6) is -0.0916. The monoisotopic (exact) mass is 420 g/mol. The zero-order chi connectivity index (χ0) is 18.5. The van der Waals surface area contributed by atoms with Crippen LogP contribution in [0.25, 0.3) is 11.4 Å². The molecule has 0 aliphatic rings. The van der Waals surface area contributed by atoms with Gasteiger partial charge in [0.25, 0.3) is 5.89 Å². The molecule has 0 fully saturated rings. The fourth-order valence-electron chi connectivity index (χ4n) is 2.05. The molecule has 1 aromatic heterocycles. The van der Waals surface area contributed by atoms with Gasteiger partial charge in [-0.15, -0.1) is 0 Å². The van der Waals surface area contributed by atoms with Crippen molar-refractivity contribution in [2.45, 2.75) is 13.5 Å². The Hall–Kier alpha value is -2.74. The van der Waals surface area contributed by atoms with Gasteiger partial charge in [0, 0.05) is 5.56 Å². The second kappa shape index (κ2) is 8.09. The van der Waals surface area contributed by atoms with Crippen LogP contribution in [0.1, 0.15) is 11.5 Å². The molecule has 26 heavy (non-hydrogen) atoms. The van der Waals surface area contributed by atoms with Crippen molar-refractivity contribution in [3.8, 4) is 17.1 Å². The van der Waals surface area contributed by atoms with Crippen LogP contribution in [-0.2, 0) is 16.1 Å². The Bertz CT molecular complexity index is 912. The number of hydrogen-bond acceptors (Lipinski definition) is 6. The number of hydrogen-bond donors (Lipinski definition) is 0. The Kier molecular flexibility index (Phi) is 5.62. The van der Waals surface area contributed by atoms with E-state index in [1.807, 2.05) is 31.2 Å². The summed E-state index contributed by atoms with van der Waals surface area (Å²) in [5.41, 5.74) is 1.93. The quantitative estimate of drug-likeness (QED) is 0.559. The van der Waals surface area contributed by atoms with Crippen LogP contribution in [-0.4, -0.2) is 22.7 Å². The molecule has 0 N–H and O–H groups in total. The van der Waals surface area contributed by atoms with Crippen molar-refractivity contribution in [2.75, 3.05) is 6.61 Å². The topological polar surface area (TPSA) is 74.5 Å². The van der Waals surface area contributed by atoms with E-state index in [1.165, 1.54) is 18.2 Å². The SMILES string of the molecule is Cc1ccc(-c2noc(COC(=O)COc3ccc(F)cc3Br)n2)cc1. The van der Waals surface area contributed by atoms with Crippen LogP contribution in [0, 0.1) is 12.7 Å². The zero-order valence-corrected chi connectivity index (χ0v) is 15.3. The Morgan fingerprint density at radius 1 is 1.23 bits per heavy atom. The summed E-state index contributed by atoms with van der Waals surface area (Å²) in [4.78, 5) is 15.9. The van der Waals surface area contributed by atoms with E-state index < -0.39 is 11.8 Å². The third-order valence-electron chi connectivity index (χ3n) is 3.37.